The van der Waals surface area contributed by atoms with Crippen LogP contribution in [0.25, 0.3) is 5.65 Å². The first kappa shape index (κ1) is 15.1. The second-order valence-electron chi connectivity index (χ2n) is 5.48. The molecule has 2 heterocycles. The number of carbonyl (C=O) groups is 1. The summed E-state index contributed by atoms with van der Waals surface area (Å²) in [7, 11) is 0. The van der Waals surface area contributed by atoms with E-state index in [4.69, 9.17) is 0 Å². The summed E-state index contributed by atoms with van der Waals surface area (Å²) < 4.78 is 1.73. The number of carboxylic acid groups (broad SMARTS) is 1. The van der Waals surface area contributed by atoms with E-state index in [0.717, 1.165) is 5.56 Å². The maximum atomic E-state index is 11.1. The Bertz CT molecular complexity index is 634. The SMILES string of the molecule is CC1(NCc2cc(C(=O)[O-])c3nccn3c2)CCC1.[Li+]. The van der Waals surface area contributed by atoms with Gasteiger partial charge in [0.15, 0.2) is 0 Å². The van der Waals surface area contributed by atoms with Crippen LogP contribution in [0.3, 0.4) is 0 Å². The van der Waals surface area contributed by atoms with Crippen molar-refractivity contribution in [2.24, 2.45) is 0 Å². The Morgan fingerprint density at radius 1 is 1.55 bits per heavy atom. The average Bonchev–Trinajstić information content (AvgIpc) is 2.80. The molecule has 1 aliphatic rings. The molecule has 0 aliphatic heterocycles. The van der Waals surface area contributed by atoms with Crippen LogP contribution in [0.5, 0.6) is 0 Å². The molecule has 0 unspecified atom stereocenters. The molecule has 0 amide bonds. The van der Waals surface area contributed by atoms with Gasteiger partial charge in [0.1, 0.15) is 5.65 Å². The van der Waals surface area contributed by atoms with E-state index in [9.17, 15) is 9.90 Å². The number of rotatable bonds is 4. The standard InChI is InChI=1S/C14H17N3O2.Li/c1-14(3-2-4-14)16-8-10-7-11(13(18)19)12-15-5-6-17(12)9-10;/h5-7,9,16H,2-4,8H2,1H3,(H,18,19);/q;+1/p-1. The van der Waals surface area contributed by atoms with Gasteiger partial charge in [-0.2, -0.15) is 0 Å². The number of carboxylic acids is 1. The molecule has 100 valence electrons. The van der Waals surface area contributed by atoms with Gasteiger partial charge in [0.2, 0.25) is 0 Å². The van der Waals surface area contributed by atoms with Crippen molar-refractivity contribution in [1.29, 1.82) is 0 Å². The van der Waals surface area contributed by atoms with E-state index < -0.39 is 5.97 Å². The topological polar surface area (TPSA) is 69.5 Å². The van der Waals surface area contributed by atoms with Gasteiger partial charge in [-0.1, -0.05) is 0 Å². The number of fused-ring (bicyclic) bond motifs is 1. The van der Waals surface area contributed by atoms with Crippen LogP contribution in [-0.2, 0) is 6.54 Å². The fourth-order valence-corrected chi connectivity index (χ4v) is 2.54. The normalized spacial score (nSPS) is 16.4. The second kappa shape index (κ2) is 5.61. The summed E-state index contributed by atoms with van der Waals surface area (Å²) in [5, 5.41) is 14.6. The molecular formula is C14H16LiN3O2. The van der Waals surface area contributed by atoms with E-state index in [0.29, 0.717) is 12.2 Å². The molecule has 3 rings (SSSR count). The van der Waals surface area contributed by atoms with Crippen molar-refractivity contribution < 1.29 is 28.8 Å². The number of carbonyl (C=O) groups excluding carboxylic acids is 1. The van der Waals surface area contributed by atoms with Crippen molar-refractivity contribution in [3.05, 3.63) is 35.8 Å². The van der Waals surface area contributed by atoms with E-state index >= 15 is 0 Å². The van der Waals surface area contributed by atoms with Gasteiger partial charge in [-0.3, -0.25) is 0 Å². The van der Waals surface area contributed by atoms with Gasteiger partial charge in [-0.25, -0.2) is 4.98 Å². The zero-order valence-corrected chi connectivity index (χ0v) is 11.8. The monoisotopic (exact) mass is 265 g/mol. The van der Waals surface area contributed by atoms with Crippen molar-refractivity contribution in [3.63, 3.8) is 0 Å². The van der Waals surface area contributed by atoms with Crippen molar-refractivity contribution in [3.8, 4) is 0 Å². The smallest absolute Gasteiger partial charge is 0.545 e. The van der Waals surface area contributed by atoms with Gasteiger partial charge in [-0.15, -0.1) is 0 Å². The predicted molar refractivity (Wildman–Crippen MR) is 68.6 cm³/mol. The molecule has 6 heteroatoms. The minimum Gasteiger partial charge on any atom is -0.545 e. The average molecular weight is 265 g/mol. The molecule has 0 saturated heterocycles. The molecule has 5 nitrogen and oxygen atoms in total. The molecule has 0 atom stereocenters. The molecule has 2 aromatic heterocycles. The van der Waals surface area contributed by atoms with Crippen molar-refractivity contribution in [1.82, 2.24) is 14.7 Å². The van der Waals surface area contributed by atoms with E-state index in [1.165, 1.54) is 19.3 Å². The molecule has 0 aromatic carbocycles. The zero-order valence-electron chi connectivity index (χ0n) is 11.8. The molecule has 1 aliphatic carbocycles. The van der Waals surface area contributed by atoms with Crippen LogP contribution in [0.1, 0.15) is 42.1 Å². The summed E-state index contributed by atoms with van der Waals surface area (Å²) >= 11 is 0. The number of pyridine rings is 1. The summed E-state index contributed by atoms with van der Waals surface area (Å²) in [6.07, 6.45) is 8.85. The Morgan fingerprint density at radius 2 is 2.30 bits per heavy atom. The third-order valence-electron chi connectivity index (χ3n) is 3.94. The molecule has 1 N–H and O–H groups in total. The van der Waals surface area contributed by atoms with Crippen LogP contribution in [0.15, 0.2) is 24.7 Å². The number of nitrogens with one attached hydrogen (secondary N) is 1. The van der Waals surface area contributed by atoms with Crippen LogP contribution in [0.4, 0.5) is 0 Å². The summed E-state index contributed by atoms with van der Waals surface area (Å²) in [6.45, 7) is 2.86. The predicted octanol–water partition coefficient (Wildman–Crippen LogP) is -2.27. The quantitative estimate of drug-likeness (QED) is 0.633. The number of hydrogen-bond donors (Lipinski definition) is 1. The molecule has 0 radical (unpaired) electrons. The van der Waals surface area contributed by atoms with Crippen molar-refractivity contribution in [2.75, 3.05) is 0 Å². The Morgan fingerprint density at radius 3 is 2.90 bits per heavy atom. The molecule has 20 heavy (non-hydrogen) atoms. The minimum atomic E-state index is -1.19. The van der Waals surface area contributed by atoms with Gasteiger partial charge in [0, 0.05) is 36.2 Å². The first-order valence-corrected chi connectivity index (χ1v) is 6.49. The van der Waals surface area contributed by atoms with Crippen LogP contribution >= 0.6 is 0 Å². The Balaban J connectivity index is 0.00000147. The summed E-state index contributed by atoms with van der Waals surface area (Å²) in [6, 6.07) is 1.65. The fourth-order valence-electron chi connectivity index (χ4n) is 2.54. The second-order valence-corrected chi connectivity index (χ2v) is 5.48. The molecule has 0 spiro atoms. The Hall–Kier alpha value is -1.28. The largest absolute Gasteiger partial charge is 1.00 e. The van der Waals surface area contributed by atoms with Crippen molar-refractivity contribution >= 4 is 11.6 Å². The van der Waals surface area contributed by atoms with Gasteiger partial charge in [0.05, 0.1) is 5.97 Å². The fraction of sp³-hybridized carbons (Fsp3) is 0.429. The van der Waals surface area contributed by atoms with E-state index in [2.05, 4.69) is 17.2 Å². The number of aromatic carboxylic acids is 1. The third-order valence-corrected chi connectivity index (χ3v) is 3.94. The maximum Gasteiger partial charge on any atom is 1.00 e. The van der Waals surface area contributed by atoms with Crippen LogP contribution in [0.2, 0.25) is 0 Å². The van der Waals surface area contributed by atoms with Gasteiger partial charge < -0.3 is 19.6 Å². The molecule has 1 fully saturated rings. The number of hydrogen-bond acceptors (Lipinski definition) is 4. The Labute approximate surface area is 129 Å². The van der Waals surface area contributed by atoms with E-state index in [1.807, 2.05) is 6.20 Å². The van der Waals surface area contributed by atoms with Gasteiger partial charge in [-0.05, 0) is 37.8 Å². The first-order chi connectivity index (χ1) is 9.07. The maximum absolute atomic E-state index is 11.1. The van der Waals surface area contributed by atoms with Crippen LogP contribution in [-0.4, -0.2) is 20.9 Å². The van der Waals surface area contributed by atoms with E-state index in [-0.39, 0.29) is 30.0 Å². The number of nitrogens with zero attached hydrogens (tertiary/aromatic N) is 2. The molecule has 1 saturated carbocycles. The molecule has 0 bridgehead atoms. The van der Waals surface area contributed by atoms with E-state index in [1.54, 1.807) is 22.9 Å². The van der Waals surface area contributed by atoms with Crippen molar-refractivity contribution in [2.45, 2.75) is 38.3 Å². The minimum absolute atomic E-state index is 0. The zero-order chi connectivity index (χ0) is 13.5. The number of imidazole rings is 1. The first-order valence-electron chi connectivity index (χ1n) is 6.49. The Kier molecular flexibility index (Phi) is 4.24. The summed E-state index contributed by atoms with van der Waals surface area (Å²) in [4.78, 5) is 15.2. The molecular weight excluding hydrogens is 249 g/mol. The van der Waals surface area contributed by atoms with Crippen LogP contribution < -0.4 is 29.3 Å². The summed E-state index contributed by atoms with van der Waals surface area (Å²) in [5.74, 6) is -1.19. The molecule has 2 aromatic rings. The van der Waals surface area contributed by atoms with Gasteiger partial charge >= 0.3 is 18.9 Å². The number of aromatic nitrogens is 2. The van der Waals surface area contributed by atoms with Crippen LogP contribution in [0, 0.1) is 0 Å². The van der Waals surface area contributed by atoms with Gasteiger partial charge in [0.25, 0.3) is 0 Å². The summed E-state index contributed by atoms with van der Waals surface area (Å²) in [5.41, 5.74) is 1.70. The third kappa shape index (κ3) is 2.75.